The lowest BCUT2D eigenvalue weighted by Gasteiger charge is -2.20. The summed E-state index contributed by atoms with van der Waals surface area (Å²) in [5.41, 5.74) is 0.492. The van der Waals surface area contributed by atoms with Crippen molar-refractivity contribution in [1.29, 1.82) is 0 Å². The summed E-state index contributed by atoms with van der Waals surface area (Å²) in [5, 5.41) is 9.12. The summed E-state index contributed by atoms with van der Waals surface area (Å²) in [6.07, 6.45) is 1.62. The molecule has 0 bridgehead atoms. The van der Waals surface area contributed by atoms with E-state index >= 15 is 0 Å². The molecule has 0 heterocycles. The number of nitrogens with zero attached hydrogens (tertiary/aromatic N) is 1. The number of alkyl carbamates (subject to hydrolysis) is 1. The van der Waals surface area contributed by atoms with E-state index in [1.165, 1.54) is 6.07 Å². The van der Waals surface area contributed by atoms with Gasteiger partial charge in [-0.2, -0.15) is 0 Å². The first kappa shape index (κ1) is 23.5. The van der Waals surface area contributed by atoms with Crippen molar-refractivity contribution in [2.75, 3.05) is 26.7 Å². The van der Waals surface area contributed by atoms with Gasteiger partial charge in [-0.25, -0.2) is 9.18 Å². The molecule has 1 aromatic rings. The molecule has 0 radical (unpaired) electrons. The van der Waals surface area contributed by atoms with Crippen LogP contribution in [0.2, 0.25) is 0 Å². The third kappa shape index (κ3) is 7.90. The minimum Gasteiger partial charge on any atom is -0.444 e. The van der Waals surface area contributed by atoms with Crippen LogP contribution in [-0.2, 0) is 10.2 Å². The number of halogens is 2. The van der Waals surface area contributed by atoms with Crippen molar-refractivity contribution in [2.45, 2.75) is 44.6 Å². The smallest absolute Gasteiger partial charge is 0.407 e. The maximum Gasteiger partial charge on any atom is 0.407 e. The van der Waals surface area contributed by atoms with Gasteiger partial charge >= 0.3 is 6.09 Å². The highest BCUT2D eigenvalue weighted by Crippen LogP contribution is 2.47. The lowest BCUT2D eigenvalue weighted by Crippen LogP contribution is -2.44. The number of aliphatic imine (C=N–C) groups is 1. The van der Waals surface area contributed by atoms with E-state index in [0.29, 0.717) is 25.6 Å². The lowest BCUT2D eigenvalue weighted by molar-refractivity contribution is 0.0529. The fourth-order valence-corrected chi connectivity index (χ4v) is 2.67. The molecule has 0 aromatic heterocycles. The Hall–Kier alpha value is -1.58. The molecular formula is C19H30FIN4O2. The summed E-state index contributed by atoms with van der Waals surface area (Å²) >= 11 is 0. The second kappa shape index (κ2) is 10.1. The Labute approximate surface area is 177 Å². The molecule has 152 valence electrons. The van der Waals surface area contributed by atoms with Crippen molar-refractivity contribution in [3.05, 3.63) is 35.6 Å². The Kier molecular flexibility index (Phi) is 8.77. The number of hydrogen-bond acceptors (Lipinski definition) is 3. The molecule has 8 heteroatoms. The van der Waals surface area contributed by atoms with E-state index in [1.54, 1.807) is 19.2 Å². The van der Waals surface area contributed by atoms with E-state index in [1.807, 2.05) is 26.8 Å². The monoisotopic (exact) mass is 492 g/mol. The fourth-order valence-electron chi connectivity index (χ4n) is 2.67. The van der Waals surface area contributed by atoms with Crippen LogP contribution in [0.5, 0.6) is 0 Å². The number of hydrogen-bond donors (Lipinski definition) is 3. The summed E-state index contributed by atoms with van der Waals surface area (Å²) in [7, 11) is 1.69. The van der Waals surface area contributed by atoms with Crippen LogP contribution in [0, 0.1) is 5.82 Å². The van der Waals surface area contributed by atoms with Gasteiger partial charge in [0.25, 0.3) is 0 Å². The van der Waals surface area contributed by atoms with Crippen molar-refractivity contribution in [3.8, 4) is 0 Å². The molecule has 1 aromatic carbocycles. The third-order valence-electron chi connectivity index (χ3n) is 4.19. The maximum atomic E-state index is 13.5. The van der Waals surface area contributed by atoms with Gasteiger partial charge in [-0.15, -0.1) is 24.0 Å². The van der Waals surface area contributed by atoms with E-state index in [9.17, 15) is 9.18 Å². The summed E-state index contributed by atoms with van der Waals surface area (Å²) < 4.78 is 18.6. The Morgan fingerprint density at radius 2 is 1.89 bits per heavy atom. The first-order valence-corrected chi connectivity index (χ1v) is 8.91. The van der Waals surface area contributed by atoms with Crippen molar-refractivity contribution < 1.29 is 13.9 Å². The molecule has 1 saturated carbocycles. The third-order valence-corrected chi connectivity index (χ3v) is 4.19. The molecule has 0 saturated heterocycles. The van der Waals surface area contributed by atoms with Gasteiger partial charge in [-0.05, 0) is 51.3 Å². The number of ether oxygens (including phenoxy) is 1. The number of carbonyl (C=O) groups excluding carboxylic acids is 1. The quantitative estimate of drug-likeness (QED) is 0.247. The standard InChI is InChI=1S/C19H29FN4O2.HI/c1-18(2,3)26-17(25)23-11-10-22-16(21-4)24-13-19(8-9-19)14-6-5-7-15(20)12-14;/h5-7,12H,8-11,13H2,1-4H3,(H,23,25)(H2,21,22,24);1H. The van der Waals surface area contributed by atoms with Crippen LogP contribution in [0.4, 0.5) is 9.18 Å². The van der Waals surface area contributed by atoms with Crippen molar-refractivity contribution in [3.63, 3.8) is 0 Å². The van der Waals surface area contributed by atoms with Crippen LogP contribution < -0.4 is 16.0 Å². The van der Waals surface area contributed by atoms with Crippen LogP contribution in [0.3, 0.4) is 0 Å². The molecule has 2 rings (SSSR count). The zero-order valence-electron chi connectivity index (χ0n) is 16.4. The van der Waals surface area contributed by atoms with Crippen LogP contribution in [0.25, 0.3) is 0 Å². The number of nitrogens with one attached hydrogen (secondary N) is 3. The molecule has 1 aliphatic carbocycles. The highest BCUT2D eigenvalue weighted by Gasteiger charge is 2.44. The van der Waals surface area contributed by atoms with Gasteiger partial charge in [0.05, 0.1) is 0 Å². The SMILES string of the molecule is CN=C(NCCNC(=O)OC(C)(C)C)NCC1(c2cccc(F)c2)CC1.I. The predicted octanol–water partition coefficient (Wildman–Crippen LogP) is 3.17. The van der Waals surface area contributed by atoms with Gasteiger partial charge in [-0.3, -0.25) is 4.99 Å². The predicted molar refractivity (Wildman–Crippen MR) is 116 cm³/mol. The Balaban J connectivity index is 0.00000364. The summed E-state index contributed by atoms with van der Waals surface area (Å²) in [5.74, 6) is 0.447. The van der Waals surface area contributed by atoms with Crippen LogP contribution >= 0.6 is 24.0 Å². The minimum atomic E-state index is -0.509. The highest BCUT2D eigenvalue weighted by molar-refractivity contribution is 14.0. The average Bonchev–Trinajstić information content (AvgIpc) is 3.34. The number of amides is 1. The molecule has 0 aliphatic heterocycles. The molecule has 0 spiro atoms. The second-order valence-electron chi connectivity index (χ2n) is 7.57. The van der Waals surface area contributed by atoms with Gasteiger partial charge < -0.3 is 20.7 Å². The van der Waals surface area contributed by atoms with Crippen molar-refractivity contribution in [1.82, 2.24) is 16.0 Å². The minimum absolute atomic E-state index is 0. The second-order valence-corrected chi connectivity index (χ2v) is 7.57. The Morgan fingerprint density at radius 1 is 1.22 bits per heavy atom. The molecule has 27 heavy (non-hydrogen) atoms. The number of carbonyl (C=O) groups is 1. The number of benzene rings is 1. The Morgan fingerprint density at radius 3 is 2.44 bits per heavy atom. The molecule has 0 atom stereocenters. The van der Waals surface area contributed by atoms with E-state index < -0.39 is 11.7 Å². The van der Waals surface area contributed by atoms with Gasteiger partial charge in [0.2, 0.25) is 0 Å². The lowest BCUT2D eigenvalue weighted by atomic mass is 9.96. The average molecular weight is 492 g/mol. The van der Waals surface area contributed by atoms with Gasteiger partial charge in [-0.1, -0.05) is 12.1 Å². The van der Waals surface area contributed by atoms with Crippen molar-refractivity contribution in [2.24, 2.45) is 4.99 Å². The largest absolute Gasteiger partial charge is 0.444 e. The Bertz CT molecular complexity index is 657. The molecule has 6 nitrogen and oxygen atoms in total. The first-order valence-electron chi connectivity index (χ1n) is 8.91. The van der Waals surface area contributed by atoms with Crippen LogP contribution in [-0.4, -0.2) is 44.3 Å². The van der Waals surface area contributed by atoms with Gasteiger partial charge in [0, 0.05) is 32.1 Å². The molecule has 1 aliphatic rings. The van der Waals surface area contributed by atoms with Crippen LogP contribution in [0.15, 0.2) is 29.3 Å². The summed E-state index contributed by atoms with van der Waals surface area (Å²) in [6.45, 7) is 7.10. The first-order chi connectivity index (χ1) is 12.2. The van der Waals surface area contributed by atoms with E-state index in [2.05, 4.69) is 20.9 Å². The number of guanidine groups is 1. The molecular weight excluding hydrogens is 462 g/mol. The molecule has 3 N–H and O–H groups in total. The van der Waals surface area contributed by atoms with Crippen molar-refractivity contribution >= 4 is 36.0 Å². The number of rotatable bonds is 6. The molecule has 1 amide bonds. The van der Waals surface area contributed by atoms with Gasteiger partial charge in [0.15, 0.2) is 5.96 Å². The zero-order chi connectivity index (χ0) is 19.2. The summed E-state index contributed by atoms with van der Waals surface area (Å²) in [6, 6.07) is 6.79. The molecule has 0 unspecified atom stereocenters. The van der Waals surface area contributed by atoms with Gasteiger partial charge in [0.1, 0.15) is 11.4 Å². The zero-order valence-corrected chi connectivity index (χ0v) is 18.7. The normalized spacial score (nSPS) is 15.4. The highest BCUT2D eigenvalue weighted by atomic mass is 127. The van der Waals surface area contributed by atoms with E-state index in [-0.39, 0.29) is 35.2 Å². The fraction of sp³-hybridized carbons (Fsp3) is 0.579. The maximum absolute atomic E-state index is 13.5. The topological polar surface area (TPSA) is 74.8 Å². The van der Waals surface area contributed by atoms with E-state index in [4.69, 9.17) is 4.74 Å². The summed E-state index contributed by atoms with van der Waals surface area (Å²) in [4.78, 5) is 15.8. The van der Waals surface area contributed by atoms with Crippen LogP contribution in [0.1, 0.15) is 39.2 Å². The molecule has 1 fully saturated rings. The van der Waals surface area contributed by atoms with E-state index in [0.717, 1.165) is 18.4 Å².